The van der Waals surface area contributed by atoms with Crippen LogP contribution in [0.25, 0.3) is 10.9 Å². The Bertz CT molecular complexity index is 1300. The van der Waals surface area contributed by atoms with Crippen molar-refractivity contribution < 1.29 is 18.5 Å². The number of carbonyl (C=O) groups is 2. The highest BCUT2D eigenvalue weighted by Gasteiger charge is 2.19. The number of amides is 2. The average Bonchev–Trinajstić information content (AvgIpc) is 3.27. The van der Waals surface area contributed by atoms with Crippen molar-refractivity contribution in [3.05, 3.63) is 58.7 Å². The average molecular weight is 410 g/mol. The van der Waals surface area contributed by atoms with Crippen LogP contribution in [0.4, 0.5) is 10.2 Å². The number of primary amides is 1. The van der Waals surface area contributed by atoms with Crippen LogP contribution in [0.1, 0.15) is 38.3 Å². The van der Waals surface area contributed by atoms with E-state index in [-0.39, 0.29) is 29.1 Å². The van der Waals surface area contributed by atoms with Gasteiger partial charge in [-0.2, -0.15) is 4.98 Å². The lowest BCUT2D eigenvalue weighted by molar-refractivity contribution is 0.0996. The van der Waals surface area contributed by atoms with Gasteiger partial charge in [0.25, 0.3) is 11.8 Å². The second kappa shape index (κ2) is 7.31. The molecule has 12 heteroatoms. The van der Waals surface area contributed by atoms with Crippen molar-refractivity contribution in [1.82, 2.24) is 30.1 Å². The van der Waals surface area contributed by atoms with Crippen LogP contribution in [0.2, 0.25) is 0 Å². The van der Waals surface area contributed by atoms with E-state index in [1.165, 1.54) is 22.9 Å². The molecule has 0 aliphatic rings. The predicted octanol–water partition coefficient (Wildman–Crippen LogP) is 1.36. The van der Waals surface area contributed by atoms with E-state index in [9.17, 15) is 14.0 Å². The lowest BCUT2D eigenvalue weighted by atomic mass is 10.1. The first-order chi connectivity index (χ1) is 14.3. The fourth-order valence-corrected chi connectivity index (χ4v) is 2.86. The number of nitrogens with two attached hydrogens (primary N) is 1. The molecule has 11 nitrogen and oxygen atoms in total. The van der Waals surface area contributed by atoms with Crippen LogP contribution in [-0.4, -0.2) is 41.9 Å². The van der Waals surface area contributed by atoms with Gasteiger partial charge in [0.05, 0.1) is 16.8 Å². The molecule has 1 aromatic carbocycles. The van der Waals surface area contributed by atoms with E-state index in [1.54, 1.807) is 13.8 Å². The molecule has 0 bridgehead atoms. The summed E-state index contributed by atoms with van der Waals surface area (Å²) in [7, 11) is 0. The summed E-state index contributed by atoms with van der Waals surface area (Å²) < 4.78 is 20.0. The zero-order valence-electron chi connectivity index (χ0n) is 15.9. The molecule has 4 aromatic rings. The minimum Gasteiger partial charge on any atom is -0.364 e. The lowest BCUT2D eigenvalue weighted by Crippen LogP contribution is -2.18. The van der Waals surface area contributed by atoms with E-state index >= 15 is 0 Å². The number of aryl methyl sites for hydroxylation is 1. The molecule has 0 spiro atoms. The minimum atomic E-state index is -0.840. The zero-order chi connectivity index (χ0) is 21.4. The third kappa shape index (κ3) is 3.57. The van der Waals surface area contributed by atoms with Crippen LogP contribution >= 0.6 is 0 Å². The van der Waals surface area contributed by atoms with Gasteiger partial charge in [-0.1, -0.05) is 10.4 Å². The van der Waals surface area contributed by atoms with Crippen LogP contribution in [0, 0.1) is 19.7 Å². The minimum absolute atomic E-state index is 0.0940. The number of carbonyl (C=O) groups excluding carboxylic acids is 2. The van der Waals surface area contributed by atoms with Crippen LogP contribution in [0.15, 0.2) is 28.8 Å². The van der Waals surface area contributed by atoms with Gasteiger partial charge in [-0.05, 0) is 25.1 Å². The number of nitrogens with one attached hydrogen (secondary N) is 1. The van der Waals surface area contributed by atoms with Gasteiger partial charge in [-0.3, -0.25) is 9.59 Å². The number of halogens is 1. The first-order valence-corrected chi connectivity index (χ1v) is 8.72. The number of benzene rings is 1. The summed E-state index contributed by atoms with van der Waals surface area (Å²) in [6.45, 7) is 3.58. The van der Waals surface area contributed by atoms with E-state index in [1.807, 2.05) is 0 Å². The first-order valence-electron chi connectivity index (χ1n) is 8.72. The topological polar surface area (TPSA) is 155 Å². The fourth-order valence-electron chi connectivity index (χ4n) is 2.86. The largest absolute Gasteiger partial charge is 0.364 e. The third-order valence-corrected chi connectivity index (χ3v) is 4.34. The Morgan fingerprint density at radius 2 is 2.03 bits per heavy atom. The summed E-state index contributed by atoms with van der Waals surface area (Å²) in [5, 5.41) is 14.7. The first kappa shape index (κ1) is 19.1. The highest BCUT2D eigenvalue weighted by Crippen LogP contribution is 2.21. The fraction of sp³-hybridized carbons (Fsp3) is 0.167. The van der Waals surface area contributed by atoms with Crippen molar-refractivity contribution >= 4 is 28.5 Å². The number of nitrogens with zero attached hydrogens (tertiary/aromatic N) is 6. The molecule has 0 fully saturated rings. The van der Waals surface area contributed by atoms with E-state index in [0.717, 1.165) is 6.07 Å². The van der Waals surface area contributed by atoms with Gasteiger partial charge in [0, 0.05) is 18.4 Å². The summed E-state index contributed by atoms with van der Waals surface area (Å²) in [5.74, 6) is -0.949. The monoisotopic (exact) mass is 410 g/mol. The Labute approximate surface area is 168 Å². The van der Waals surface area contributed by atoms with Gasteiger partial charge in [0.15, 0.2) is 11.6 Å². The smallest absolute Gasteiger partial charge is 0.267 e. The molecule has 0 aliphatic carbocycles. The Hall–Kier alpha value is -4.22. The standard InChI is InChI=1S/C18H15FN8O3/c1-8-17(24-26-27(8)7-15-21-9(2)30-25-15)23-18(29)12-6-14(16(20)28)22-13-5-10(19)3-4-11(12)13/h3-6H,7H2,1-2H3,(H2,20,28)(H,23,29). The van der Waals surface area contributed by atoms with Gasteiger partial charge in [-0.15, -0.1) is 5.10 Å². The van der Waals surface area contributed by atoms with Gasteiger partial charge < -0.3 is 15.6 Å². The molecule has 0 aliphatic heterocycles. The van der Waals surface area contributed by atoms with Gasteiger partial charge >= 0.3 is 0 Å². The van der Waals surface area contributed by atoms with E-state index < -0.39 is 17.6 Å². The molecular formula is C18H15FN8O3. The third-order valence-electron chi connectivity index (χ3n) is 4.34. The summed E-state index contributed by atoms with van der Waals surface area (Å²) in [5.41, 5.74) is 5.90. The van der Waals surface area contributed by atoms with Gasteiger partial charge in [0.2, 0.25) is 5.89 Å². The molecule has 2 amide bonds. The molecule has 3 heterocycles. The number of fused-ring (bicyclic) bond motifs is 1. The maximum absolute atomic E-state index is 13.6. The zero-order valence-corrected chi connectivity index (χ0v) is 15.9. The van der Waals surface area contributed by atoms with Crippen molar-refractivity contribution in [1.29, 1.82) is 0 Å². The van der Waals surface area contributed by atoms with Crippen molar-refractivity contribution in [3.63, 3.8) is 0 Å². The normalized spacial score (nSPS) is 11.0. The highest BCUT2D eigenvalue weighted by atomic mass is 19.1. The Balaban J connectivity index is 1.66. The van der Waals surface area contributed by atoms with E-state index in [0.29, 0.717) is 22.8 Å². The molecule has 0 saturated heterocycles. The number of aromatic nitrogens is 6. The number of rotatable bonds is 5. The maximum atomic E-state index is 13.6. The molecule has 0 radical (unpaired) electrons. The maximum Gasteiger partial charge on any atom is 0.267 e. The van der Waals surface area contributed by atoms with Crippen LogP contribution in [-0.2, 0) is 6.54 Å². The Morgan fingerprint density at radius 1 is 1.23 bits per heavy atom. The van der Waals surface area contributed by atoms with Gasteiger partial charge in [0.1, 0.15) is 18.1 Å². The number of hydrogen-bond acceptors (Lipinski definition) is 8. The molecule has 4 rings (SSSR count). The molecular weight excluding hydrogens is 395 g/mol. The van der Waals surface area contributed by atoms with Crippen molar-refractivity contribution in [2.75, 3.05) is 5.32 Å². The van der Waals surface area contributed by atoms with Crippen molar-refractivity contribution in [2.24, 2.45) is 5.73 Å². The lowest BCUT2D eigenvalue weighted by Gasteiger charge is -2.09. The van der Waals surface area contributed by atoms with Crippen LogP contribution < -0.4 is 11.1 Å². The van der Waals surface area contributed by atoms with Crippen LogP contribution in [0.5, 0.6) is 0 Å². The van der Waals surface area contributed by atoms with E-state index in [2.05, 4.69) is 30.8 Å². The van der Waals surface area contributed by atoms with Crippen LogP contribution in [0.3, 0.4) is 0 Å². The summed E-state index contributed by atoms with van der Waals surface area (Å²) in [6.07, 6.45) is 0. The number of anilines is 1. The summed E-state index contributed by atoms with van der Waals surface area (Å²) in [4.78, 5) is 32.6. The van der Waals surface area contributed by atoms with E-state index in [4.69, 9.17) is 10.3 Å². The van der Waals surface area contributed by atoms with Gasteiger partial charge in [-0.25, -0.2) is 14.1 Å². The highest BCUT2D eigenvalue weighted by molar-refractivity contribution is 6.13. The molecule has 0 atom stereocenters. The molecule has 30 heavy (non-hydrogen) atoms. The van der Waals surface area contributed by atoms with Crippen molar-refractivity contribution in [3.8, 4) is 0 Å². The van der Waals surface area contributed by atoms with Crippen molar-refractivity contribution in [2.45, 2.75) is 20.4 Å². The second-order valence-electron chi connectivity index (χ2n) is 6.45. The summed E-state index contributed by atoms with van der Waals surface area (Å²) >= 11 is 0. The summed E-state index contributed by atoms with van der Waals surface area (Å²) in [6, 6.07) is 4.96. The number of pyridine rings is 1. The Morgan fingerprint density at radius 3 is 2.73 bits per heavy atom. The molecule has 0 saturated carbocycles. The number of hydrogen-bond donors (Lipinski definition) is 2. The SMILES string of the molecule is Cc1nc(Cn2nnc(NC(=O)c3cc(C(N)=O)nc4cc(F)ccc34)c2C)no1. The second-order valence-corrected chi connectivity index (χ2v) is 6.45. The predicted molar refractivity (Wildman–Crippen MR) is 101 cm³/mol. The molecule has 0 unspecified atom stereocenters. The molecule has 3 aromatic heterocycles. The molecule has 152 valence electrons. The Kier molecular flexibility index (Phi) is 4.66. The molecule has 3 N–H and O–H groups in total. The quantitative estimate of drug-likeness (QED) is 0.500.